The van der Waals surface area contributed by atoms with Gasteiger partial charge in [0.05, 0.1) is 11.4 Å². The van der Waals surface area contributed by atoms with E-state index in [9.17, 15) is 27.9 Å². The van der Waals surface area contributed by atoms with E-state index in [1.165, 1.54) is 19.2 Å². The average molecular weight is 363 g/mol. The molecule has 2 N–H and O–H groups in total. The van der Waals surface area contributed by atoms with Crippen molar-refractivity contribution in [2.45, 2.75) is 6.18 Å². The first-order valence-electron chi connectivity index (χ1n) is 7.39. The molecule has 0 radical (unpaired) electrons. The maximum Gasteiger partial charge on any atom is 0.433 e. The van der Waals surface area contributed by atoms with Gasteiger partial charge in [-0.3, -0.25) is 9.36 Å². The SMILES string of the molecule is CNc1c(C(=O)O)c(=O)n(-c2ccccc2)c2nc(C(F)(F)F)ccc12. The standard InChI is InChI=1S/C17H12F3N3O3/c1-21-13-10-7-8-11(17(18,19)20)22-14(10)23(9-5-3-2-4-6-9)15(24)12(13)16(25)26/h2-8,21H,1H3,(H,25,26). The number of carboxylic acid groups (broad SMARTS) is 1. The number of nitrogens with zero attached hydrogens (tertiary/aromatic N) is 2. The molecular formula is C17H12F3N3O3. The first-order valence-corrected chi connectivity index (χ1v) is 7.39. The van der Waals surface area contributed by atoms with Gasteiger partial charge in [-0.25, -0.2) is 9.78 Å². The van der Waals surface area contributed by atoms with E-state index in [4.69, 9.17) is 0 Å². The summed E-state index contributed by atoms with van der Waals surface area (Å²) in [7, 11) is 1.38. The zero-order valence-corrected chi connectivity index (χ0v) is 13.3. The molecule has 0 aliphatic heterocycles. The second kappa shape index (κ2) is 6.17. The number of hydrogen-bond acceptors (Lipinski definition) is 4. The number of hydrogen-bond donors (Lipinski definition) is 2. The Labute approximate surface area is 144 Å². The summed E-state index contributed by atoms with van der Waals surface area (Å²) >= 11 is 0. The lowest BCUT2D eigenvalue weighted by Crippen LogP contribution is -2.28. The number of alkyl halides is 3. The van der Waals surface area contributed by atoms with Crippen molar-refractivity contribution in [1.29, 1.82) is 0 Å². The van der Waals surface area contributed by atoms with Crippen LogP contribution in [0, 0.1) is 0 Å². The molecule has 6 nitrogen and oxygen atoms in total. The van der Waals surface area contributed by atoms with Crippen molar-refractivity contribution in [2.24, 2.45) is 0 Å². The third-order valence-corrected chi connectivity index (χ3v) is 3.79. The normalized spacial score (nSPS) is 11.5. The van der Waals surface area contributed by atoms with Gasteiger partial charge >= 0.3 is 12.1 Å². The Bertz CT molecular complexity index is 1060. The molecule has 9 heteroatoms. The zero-order chi connectivity index (χ0) is 19.1. The Hall–Kier alpha value is -3.36. The fourth-order valence-corrected chi connectivity index (χ4v) is 2.70. The van der Waals surface area contributed by atoms with Crippen LogP contribution in [0.2, 0.25) is 0 Å². The highest BCUT2D eigenvalue weighted by atomic mass is 19.4. The van der Waals surface area contributed by atoms with Gasteiger partial charge in [0.25, 0.3) is 5.56 Å². The molecule has 1 aromatic carbocycles. The number of aromatic carboxylic acids is 1. The Kier molecular flexibility index (Phi) is 4.15. The molecule has 0 aliphatic rings. The molecular weight excluding hydrogens is 351 g/mol. The topological polar surface area (TPSA) is 84.2 Å². The molecule has 0 spiro atoms. The molecule has 0 saturated heterocycles. The van der Waals surface area contributed by atoms with Crippen LogP contribution in [-0.2, 0) is 6.18 Å². The summed E-state index contributed by atoms with van der Waals surface area (Å²) in [5.74, 6) is -1.49. The largest absolute Gasteiger partial charge is 0.477 e. The molecule has 134 valence electrons. The van der Waals surface area contributed by atoms with Crippen molar-refractivity contribution >= 4 is 22.7 Å². The zero-order valence-electron chi connectivity index (χ0n) is 13.3. The highest BCUT2D eigenvalue weighted by Crippen LogP contribution is 2.32. The first kappa shape index (κ1) is 17.5. The summed E-state index contributed by atoms with van der Waals surface area (Å²) in [6.45, 7) is 0. The predicted octanol–water partition coefficient (Wildman–Crippen LogP) is 3.14. The number of carbonyl (C=O) groups is 1. The van der Waals surface area contributed by atoms with E-state index < -0.39 is 29.0 Å². The Morgan fingerprint density at radius 3 is 2.35 bits per heavy atom. The predicted molar refractivity (Wildman–Crippen MR) is 88.8 cm³/mol. The molecule has 3 rings (SSSR count). The van der Waals surface area contributed by atoms with Crippen LogP contribution in [-0.4, -0.2) is 27.7 Å². The van der Waals surface area contributed by atoms with Crippen LogP contribution in [0.4, 0.5) is 18.9 Å². The van der Waals surface area contributed by atoms with E-state index in [2.05, 4.69) is 10.3 Å². The summed E-state index contributed by atoms with van der Waals surface area (Å²) in [4.78, 5) is 28.0. The minimum absolute atomic E-state index is 0.0846. The fourth-order valence-electron chi connectivity index (χ4n) is 2.70. The minimum Gasteiger partial charge on any atom is -0.477 e. The molecule has 2 aromatic heterocycles. The van der Waals surface area contributed by atoms with Crippen molar-refractivity contribution in [3.05, 3.63) is 64.1 Å². The number of halogens is 3. The van der Waals surface area contributed by atoms with E-state index >= 15 is 0 Å². The van der Waals surface area contributed by atoms with Crippen LogP contribution >= 0.6 is 0 Å². The van der Waals surface area contributed by atoms with Crippen LogP contribution in [0.15, 0.2) is 47.3 Å². The number of carboxylic acids is 1. The number of aromatic nitrogens is 2. The number of para-hydroxylation sites is 1. The van der Waals surface area contributed by atoms with E-state index in [1.54, 1.807) is 18.2 Å². The molecule has 0 aliphatic carbocycles. The van der Waals surface area contributed by atoms with Crippen molar-refractivity contribution in [1.82, 2.24) is 9.55 Å². The average Bonchev–Trinajstić information content (AvgIpc) is 2.59. The van der Waals surface area contributed by atoms with Crippen molar-refractivity contribution < 1.29 is 23.1 Å². The smallest absolute Gasteiger partial charge is 0.433 e. The van der Waals surface area contributed by atoms with E-state index in [0.29, 0.717) is 0 Å². The molecule has 0 fully saturated rings. The monoisotopic (exact) mass is 363 g/mol. The lowest BCUT2D eigenvalue weighted by Gasteiger charge is -2.16. The van der Waals surface area contributed by atoms with Gasteiger partial charge in [-0.05, 0) is 24.3 Å². The maximum atomic E-state index is 13.1. The molecule has 0 atom stereocenters. The lowest BCUT2D eigenvalue weighted by atomic mass is 10.1. The lowest BCUT2D eigenvalue weighted by molar-refractivity contribution is -0.141. The molecule has 0 saturated carbocycles. The van der Waals surface area contributed by atoms with Crippen LogP contribution < -0.4 is 10.9 Å². The molecule has 0 amide bonds. The van der Waals surface area contributed by atoms with Gasteiger partial charge in [-0.15, -0.1) is 0 Å². The van der Waals surface area contributed by atoms with Gasteiger partial charge < -0.3 is 10.4 Å². The minimum atomic E-state index is -4.71. The number of anilines is 1. The third kappa shape index (κ3) is 2.77. The summed E-state index contributed by atoms with van der Waals surface area (Å²) in [6.07, 6.45) is -4.71. The number of rotatable bonds is 3. The van der Waals surface area contributed by atoms with Crippen molar-refractivity contribution in [3.8, 4) is 5.69 Å². The summed E-state index contributed by atoms with van der Waals surface area (Å²) < 4.78 is 40.1. The molecule has 26 heavy (non-hydrogen) atoms. The van der Waals surface area contributed by atoms with E-state index in [-0.39, 0.29) is 22.4 Å². The fraction of sp³-hybridized carbons (Fsp3) is 0.118. The second-order valence-electron chi connectivity index (χ2n) is 5.35. The molecule has 2 heterocycles. The quantitative estimate of drug-likeness (QED) is 0.747. The van der Waals surface area contributed by atoms with Crippen LogP contribution in [0.3, 0.4) is 0 Å². The Balaban J connectivity index is 2.55. The third-order valence-electron chi connectivity index (χ3n) is 3.79. The van der Waals surface area contributed by atoms with Crippen LogP contribution in [0.1, 0.15) is 16.1 Å². The van der Waals surface area contributed by atoms with E-state index in [0.717, 1.165) is 16.7 Å². The van der Waals surface area contributed by atoms with Gasteiger partial charge in [-0.2, -0.15) is 13.2 Å². The van der Waals surface area contributed by atoms with Gasteiger partial charge in [0.2, 0.25) is 0 Å². The number of fused-ring (bicyclic) bond motifs is 1. The summed E-state index contributed by atoms with van der Waals surface area (Å²) in [6, 6.07) is 9.62. The number of pyridine rings is 2. The molecule has 0 bridgehead atoms. The van der Waals surface area contributed by atoms with Crippen molar-refractivity contribution in [2.75, 3.05) is 12.4 Å². The molecule has 0 unspecified atom stereocenters. The maximum absolute atomic E-state index is 13.1. The van der Waals surface area contributed by atoms with E-state index in [1.807, 2.05) is 0 Å². The van der Waals surface area contributed by atoms with Crippen LogP contribution in [0.25, 0.3) is 16.7 Å². The Morgan fingerprint density at radius 1 is 1.15 bits per heavy atom. The number of benzene rings is 1. The van der Waals surface area contributed by atoms with Gasteiger partial charge in [0, 0.05) is 12.4 Å². The number of nitrogens with one attached hydrogen (secondary N) is 1. The second-order valence-corrected chi connectivity index (χ2v) is 5.35. The highest BCUT2D eigenvalue weighted by molar-refractivity contribution is 6.03. The summed E-state index contributed by atoms with van der Waals surface area (Å²) in [5, 5.41) is 12.1. The van der Waals surface area contributed by atoms with Gasteiger partial charge in [-0.1, -0.05) is 18.2 Å². The highest BCUT2D eigenvalue weighted by Gasteiger charge is 2.33. The Morgan fingerprint density at radius 2 is 1.81 bits per heavy atom. The van der Waals surface area contributed by atoms with Crippen molar-refractivity contribution in [3.63, 3.8) is 0 Å². The van der Waals surface area contributed by atoms with Gasteiger partial charge in [0.15, 0.2) is 0 Å². The van der Waals surface area contributed by atoms with Gasteiger partial charge in [0.1, 0.15) is 16.9 Å². The first-order chi connectivity index (χ1) is 12.3. The summed E-state index contributed by atoms with van der Waals surface area (Å²) in [5.41, 5.74) is -2.91. The molecule has 3 aromatic rings. The van der Waals surface area contributed by atoms with Crippen LogP contribution in [0.5, 0.6) is 0 Å².